The van der Waals surface area contributed by atoms with Crippen LogP contribution in [0.2, 0.25) is 0 Å². The molecule has 3 rings (SSSR count). The van der Waals surface area contributed by atoms with E-state index in [-0.39, 0.29) is 11.7 Å². The largest absolute Gasteiger partial charge is 0.422 e. The molecule has 2 aromatic rings. The van der Waals surface area contributed by atoms with E-state index in [0.717, 1.165) is 53.9 Å². The van der Waals surface area contributed by atoms with E-state index < -0.39 is 0 Å². The van der Waals surface area contributed by atoms with Crippen LogP contribution >= 0.6 is 0 Å². The number of ether oxygens (including phenoxy) is 1. The van der Waals surface area contributed by atoms with Gasteiger partial charge in [0.15, 0.2) is 0 Å². The van der Waals surface area contributed by atoms with E-state index in [4.69, 9.17) is 9.15 Å². The second-order valence-corrected chi connectivity index (χ2v) is 5.89. The molecule has 0 N–H and O–H groups in total. The zero-order valence-corrected chi connectivity index (χ0v) is 12.8. The summed E-state index contributed by atoms with van der Waals surface area (Å²) in [5.74, 6) is 0. The van der Waals surface area contributed by atoms with Crippen LogP contribution in [-0.2, 0) is 11.3 Å². The van der Waals surface area contributed by atoms with Crippen molar-refractivity contribution in [2.24, 2.45) is 0 Å². The first-order valence-corrected chi connectivity index (χ1v) is 7.41. The van der Waals surface area contributed by atoms with Crippen LogP contribution in [0.3, 0.4) is 0 Å². The second-order valence-electron chi connectivity index (χ2n) is 5.89. The third-order valence-electron chi connectivity index (χ3n) is 4.24. The second kappa shape index (κ2) is 5.62. The summed E-state index contributed by atoms with van der Waals surface area (Å²) in [4.78, 5) is 14.2. The highest BCUT2D eigenvalue weighted by atomic mass is 16.5. The van der Waals surface area contributed by atoms with Crippen molar-refractivity contribution >= 4 is 11.0 Å². The van der Waals surface area contributed by atoms with Crippen molar-refractivity contribution in [1.82, 2.24) is 4.90 Å². The Morgan fingerprint density at radius 2 is 2.14 bits per heavy atom. The Morgan fingerprint density at radius 1 is 1.33 bits per heavy atom. The zero-order valence-electron chi connectivity index (χ0n) is 12.8. The van der Waals surface area contributed by atoms with Crippen molar-refractivity contribution in [2.45, 2.75) is 33.4 Å². The lowest BCUT2D eigenvalue weighted by molar-refractivity contribution is -0.0211. The Hall–Kier alpha value is -1.65. The number of aryl methyl sites for hydroxylation is 2. The molecular formula is C17H21NO3. The molecule has 1 fully saturated rings. The Morgan fingerprint density at radius 3 is 2.90 bits per heavy atom. The average molecular weight is 287 g/mol. The molecule has 0 saturated carbocycles. The minimum atomic E-state index is -0.271. The fraction of sp³-hybridized carbons (Fsp3) is 0.471. The third-order valence-corrected chi connectivity index (χ3v) is 4.24. The summed E-state index contributed by atoms with van der Waals surface area (Å²) in [7, 11) is 0. The third kappa shape index (κ3) is 2.87. The van der Waals surface area contributed by atoms with Gasteiger partial charge in [0.1, 0.15) is 5.58 Å². The molecule has 0 aliphatic carbocycles. The fourth-order valence-corrected chi connectivity index (χ4v) is 2.93. The van der Waals surface area contributed by atoms with Gasteiger partial charge in [-0.15, -0.1) is 0 Å². The standard InChI is InChI=1S/C17H21NO3/c1-11-4-5-15-14(8-16(19)21-17(15)13(11)3)10-18-6-7-20-12(2)9-18/h4-5,8,12H,6-7,9-10H2,1-3H3. The van der Waals surface area contributed by atoms with Gasteiger partial charge in [-0.05, 0) is 37.5 Å². The normalized spacial score (nSPS) is 20.0. The highest BCUT2D eigenvalue weighted by Crippen LogP contribution is 2.24. The van der Waals surface area contributed by atoms with Gasteiger partial charge in [-0.25, -0.2) is 4.79 Å². The maximum atomic E-state index is 11.9. The molecule has 1 saturated heterocycles. The van der Waals surface area contributed by atoms with Crippen LogP contribution in [0.25, 0.3) is 11.0 Å². The molecule has 4 nitrogen and oxygen atoms in total. The van der Waals surface area contributed by atoms with E-state index in [0.29, 0.717) is 0 Å². The van der Waals surface area contributed by atoms with E-state index in [1.807, 2.05) is 13.8 Å². The van der Waals surface area contributed by atoms with E-state index in [1.54, 1.807) is 6.07 Å². The zero-order chi connectivity index (χ0) is 15.0. The van der Waals surface area contributed by atoms with Gasteiger partial charge in [0.05, 0.1) is 12.7 Å². The minimum Gasteiger partial charge on any atom is -0.422 e. The molecule has 0 radical (unpaired) electrons. The topological polar surface area (TPSA) is 42.7 Å². The summed E-state index contributed by atoms with van der Waals surface area (Å²) in [6.45, 7) is 9.42. The maximum absolute atomic E-state index is 11.9. The quantitative estimate of drug-likeness (QED) is 0.796. The number of hydrogen-bond acceptors (Lipinski definition) is 4. The van der Waals surface area contributed by atoms with Gasteiger partial charge in [-0.3, -0.25) is 4.90 Å². The summed E-state index contributed by atoms with van der Waals surface area (Å²) >= 11 is 0. The van der Waals surface area contributed by atoms with Gasteiger partial charge in [-0.1, -0.05) is 12.1 Å². The van der Waals surface area contributed by atoms with Crippen LogP contribution in [0.4, 0.5) is 0 Å². The van der Waals surface area contributed by atoms with Gasteiger partial charge in [0.2, 0.25) is 0 Å². The van der Waals surface area contributed by atoms with Crippen molar-refractivity contribution < 1.29 is 9.15 Å². The van der Waals surface area contributed by atoms with Crippen LogP contribution in [0.5, 0.6) is 0 Å². The molecule has 1 aliphatic heterocycles. The van der Waals surface area contributed by atoms with E-state index in [1.165, 1.54) is 0 Å². The molecule has 0 bridgehead atoms. The smallest absolute Gasteiger partial charge is 0.336 e. The van der Waals surface area contributed by atoms with Crippen molar-refractivity contribution in [3.8, 4) is 0 Å². The summed E-state index contributed by atoms with van der Waals surface area (Å²) in [6, 6.07) is 5.76. The molecule has 0 amide bonds. The fourth-order valence-electron chi connectivity index (χ4n) is 2.93. The Balaban J connectivity index is 2.02. The molecular weight excluding hydrogens is 266 g/mol. The van der Waals surface area contributed by atoms with Crippen molar-refractivity contribution in [3.63, 3.8) is 0 Å². The molecule has 112 valence electrons. The van der Waals surface area contributed by atoms with E-state index in [9.17, 15) is 4.79 Å². The number of benzene rings is 1. The number of fused-ring (bicyclic) bond motifs is 1. The Kier molecular flexibility index (Phi) is 3.83. The molecule has 1 aromatic carbocycles. The first-order valence-electron chi connectivity index (χ1n) is 7.41. The van der Waals surface area contributed by atoms with E-state index in [2.05, 4.69) is 24.0 Å². The first kappa shape index (κ1) is 14.3. The van der Waals surface area contributed by atoms with Crippen LogP contribution in [-0.4, -0.2) is 30.7 Å². The predicted molar refractivity (Wildman–Crippen MR) is 82.6 cm³/mol. The molecule has 1 atom stereocenters. The SMILES string of the molecule is Cc1ccc2c(CN3CCOC(C)C3)cc(=O)oc2c1C. The first-order chi connectivity index (χ1) is 10.0. The van der Waals surface area contributed by atoms with Crippen molar-refractivity contribution in [1.29, 1.82) is 0 Å². The van der Waals surface area contributed by atoms with Crippen molar-refractivity contribution in [3.05, 3.63) is 45.3 Å². The van der Waals surface area contributed by atoms with Gasteiger partial charge in [0, 0.05) is 31.1 Å². The lowest BCUT2D eigenvalue weighted by atomic mass is 10.0. The van der Waals surface area contributed by atoms with Crippen LogP contribution in [0, 0.1) is 13.8 Å². The van der Waals surface area contributed by atoms with Crippen LogP contribution < -0.4 is 5.63 Å². The van der Waals surface area contributed by atoms with Gasteiger partial charge < -0.3 is 9.15 Å². The Labute approximate surface area is 124 Å². The minimum absolute atomic E-state index is 0.245. The maximum Gasteiger partial charge on any atom is 0.336 e. The summed E-state index contributed by atoms with van der Waals surface area (Å²) < 4.78 is 11.0. The van der Waals surface area contributed by atoms with Crippen LogP contribution in [0.1, 0.15) is 23.6 Å². The summed E-state index contributed by atoms with van der Waals surface area (Å²) in [5.41, 5.74) is 3.68. The van der Waals surface area contributed by atoms with Crippen LogP contribution in [0.15, 0.2) is 27.4 Å². The summed E-state index contributed by atoms with van der Waals surface area (Å²) in [6.07, 6.45) is 0.245. The highest BCUT2D eigenvalue weighted by Gasteiger charge is 2.18. The molecule has 1 aromatic heterocycles. The molecule has 2 heterocycles. The lowest BCUT2D eigenvalue weighted by Gasteiger charge is -2.31. The van der Waals surface area contributed by atoms with E-state index >= 15 is 0 Å². The number of hydrogen-bond donors (Lipinski definition) is 0. The number of rotatable bonds is 2. The van der Waals surface area contributed by atoms with Gasteiger partial charge in [0.25, 0.3) is 0 Å². The molecule has 0 spiro atoms. The number of nitrogens with zero attached hydrogens (tertiary/aromatic N) is 1. The van der Waals surface area contributed by atoms with Crippen molar-refractivity contribution in [2.75, 3.05) is 19.7 Å². The predicted octanol–water partition coefficient (Wildman–Crippen LogP) is 2.63. The highest BCUT2D eigenvalue weighted by molar-refractivity contribution is 5.83. The molecule has 1 unspecified atom stereocenters. The lowest BCUT2D eigenvalue weighted by Crippen LogP contribution is -2.40. The summed E-state index contributed by atoms with van der Waals surface area (Å²) in [5, 5.41) is 1.04. The molecule has 21 heavy (non-hydrogen) atoms. The monoisotopic (exact) mass is 287 g/mol. The molecule has 1 aliphatic rings. The molecule has 4 heteroatoms. The number of morpholine rings is 1. The average Bonchev–Trinajstić information content (AvgIpc) is 2.43. The Bertz CT molecular complexity index is 720. The van der Waals surface area contributed by atoms with Gasteiger partial charge >= 0.3 is 5.63 Å². The van der Waals surface area contributed by atoms with Gasteiger partial charge in [-0.2, -0.15) is 0 Å².